The van der Waals surface area contributed by atoms with Gasteiger partial charge in [-0.1, -0.05) is 29.8 Å². The van der Waals surface area contributed by atoms with Gasteiger partial charge < -0.3 is 15.5 Å². The van der Waals surface area contributed by atoms with Gasteiger partial charge in [0.05, 0.1) is 6.54 Å². The number of amides is 2. The minimum Gasteiger partial charge on any atom is -0.376 e. The summed E-state index contributed by atoms with van der Waals surface area (Å²) >= 11 is 6.06. The van der Waals surface area contributed by atoms with Crippen LogP contribution in [-0.2, 0) is 16.0 Å². The van der Waals surface area contributed by atoms with E-state index < -0.39 is 0 Å². The molecule has 2 rings (SSSR count). The van der Waals surface area contributed by atoms with Crippen molar-refractivity contribution in [3.05, 3.63) is 58.6 Å². The van der Waals surface area contributed by atoms with Crippen molar-refractivity contribution in [1.82, 2.24) is 4.90 Å². The Morgan fingerprint density at radius 3 is 2.31 bits per heavy atom. The number of benzene rings is 2. The third kappa shape index (κ3) is 6.08. The first-order chi connectivity index (χ1) is 12.3. The molecule has 2 aromatic rings. The Labute approximate surface area is 159 Å². The van der Waals surface area contributed by atoms with Gasteiger partial charge in [0.1, 0.15) is 0 Å². The summed E-state index contributed by atoms with van der Waals surface area (Å²) in [5.74, 6) is -0.0364. The summed E-state index contributed by atoms with van der Waals surface area (Å²) < 4.78 is 0. The molecule has 2 aromatic carbocycles. The number of carbonyl (C=O) groups excluding carboxylic acids is 2. The van der Waals surface area contributed by atoms with E-state index in [9.17, 15) is 9.59 Å². The quantitative estimate of drug-likeness (QED) is 0.777. The maximum atomic E-state index is 12.0. The van der Waals surface area contributed by atoms with Crippen LogP contribution in [0.25, 0.3) is 0 Å². The molecule has 5 nitrogen and oxygen atoms in total. The van der Waals surface area contributed by atoms with Crippen molar-refractivity contribution in [2.24, 2.45) is 0 Å². The number of rotatable bonds is 7. The molecular formula is C20H24ClN3O2. The fourth-order valence-corrected chi connectivity index (χ4v) is 2.50. The molecule has 0 aliphatic carbocycles. The lowest BCUT2D eigenvalue weighted by atomic mass is 10.1. The standard InChI is InChI=1S/C20H24ClN3O2/c1-14-4-8-17(12-18(14)21)23-19(25)13-22-16-9-5-15(6-10-16)7-11-20(26)24(2)3/h4-6,8-10,12,22H,7,11,13H2,1-3H3,(H,23,25). The van der Waals surface area contributed by atoms with Crippen LogP contribution in [0.2, 0.25) is 5.02 Å². The molecule has 6 heteroatoms. The summed E-state index contributed by atoms with van der Waals surface area (Å²) in [5.41, 5.74) is 3.58. The molecule has 0 saturated carbocycles. The Morgan fingerprint density at radius 1 is 1.04 bits per heavy atom. The average molecular weight is 374 g/mol. The van der Waals surface area contributed by atoms with Gasteiger partial charge in [-0.25, -0.2) is 0 Å². The van der Waals surface area contributed by atoms with Gasteiger partial charge in [0, 0.05) is 36.9 Å². The van der Waals surface area contributed by atoms with Gasteiger partial charge >= 0.3 is 0 Å². The van der Waals surface area contributed by atoms with E-state index in [1.165, 1.54) is 0 Å². The van der Waals surface area contributed by atoms with Crippen molar-refractivity contribution in [2.75, 3.05) is 31.3 Å². The molecule has 0 radical (unpaired) electrons. The zero-order valence-electron chi connectivity index (χ0n) is 15.3. The maximum Gasteiger partial charge on any atom is 0.243 e. The smallest absolute Gasteiger partial charge is 0.243 e. The molecule has 0 spiro atoms. The van der Waals surface area contributed by atoms with E-state index in [2.05, 4.69) is 10.6 Å². The number of anilines is 2. The van der Waals surface area contributed by atoms with Crippen LogP contribution >= 0.6 is 11.6 Å². The van der Waals surface area contributed by atoms with Crippen LogP contribution in [0, 0.1) is 6.92 Å². The summed E-state index contributed by atoms with van der Waals surface area (Å²) in [6, 6.07) is 13.2. The van der Waals surface area contributed by atoms with E-state index in [4.69, 9.17) is 11.6 Å². The first-order valence-electron chi connectivity index (χ1n) is 8.44. The highest BCUT2D eigenvalue weighted by atomic mass is 35.5. The predicted octanol–water partition coefficient (Wildman–Crippen LogP) is 3.72. The third-order valence-corrected chi connectivity index (χ3v) is 4.40. The molecule has 0 aliphatic rings. The Bertz CT molecular complexity index is 773. The van der Waals surface area contributed by atoms with Gasteiger partial charge in [0.25, 0.3) is 0 Å². The van der Waals surface area contributed by atoms with Gasteiger partial charge in [-0.05, 0) is 48.7 Å². The summed E-state index contributed by atoms with van der Waals surface area (Å²) in [6.07, 6.45) is 1.19. The first-order valence-corrected chi connectivity index (χ1v) is 8.82. The van der Waals surface area contributed by atoms with E-state index >= 15 is 0 Å². The number of nitrogens with zero attached hydrogens (tertiary/aromatic N) is 1. The van der Waals surface area contributed by atoms with E-state index in [1.807, 2.05) is 43.3 Å². The molecule has 0 aliphatic heterocycles. The average Bonchev–Trinajstić information content (AvgIpc) is 2.61. The second kappa shape index (κ2) is 9.25. The highest BCUT2D eigenvalue weighted by Crippen LogP contribution is 2.20. The molecule has 138 valence electrons. The molecule has 0 atom stereocenters. The predicted molar refractivity (Wildman–Crippen MR) is 107 cm³/mol. The van der Waals surface area contributed by atoms with Crippen molar-refractivity contribution < 1.29 is 9.59 Å². The zero-order valence-corrected chi connectivity index (χ0v) is 16.1. The second-order valence-electron chi connectivity index (χ2n) is 6.35. The van der Waals surface area contributed by atoms with Crippen molar-refractivity contribution >= 4 is 34.8 Å². The third-order valence-electron chi connectivity index (χ3n) is 3.99. The summed E-state index contributed by atoms with van der Waals surface area (Å²) in [5, 5.41) is 6.51. The number of hydrogen-bond acceptors (Lipinski definition) is 3. The lowest BCUT2D eigenvalue weighted by Gasteiger charge is -2.11. The second-order valence-corrected chi connectivity index (χ2v) is 6.76. The number of halogens is 1. The first kappa shape index (κ1) is 19.8. The highest BCUT2D eigenvalue weighted by Gasteiger charge is 2.06. The van der Waals surface area contributed by atoms with Crippen LogP contribution in [0.15, 0.2) is 42.5 Å². The number of aryl methyl sites for hydroxylation is 2. The van der Waals surface area contributed by atoms with E-state index in [0.29, 0.717) is 23.6 Å². The molecular weight excluding hydrogens is 350 g/mol. The van der Waals surface area contributed by atoms with Crippen molar-refractivity contribution in [1.29, 1.82) is 0 Å². The van der Waals surface area contributed by atoms with Crippen molar-refractivity contribution in [3.8, 4) is 0 Å². The topological polar surface area (TPSA) is 61.4 Å². The normalized spacial score (nSPS) is 10.3. The maximum absolute atomic E-state index is 12.0. The number of carbonyl (C=O) groups is 2. The molecule has 0 heterocycles. The number of nitrogens with one attached hydrogen (secondary N) is 2. The van der Waals surface area contributed by atoms with Crippen LogP contribution < -0.4 is 10.6 Å². The Balaban J connectivity index is 1.80. The fourth-order valence-electron chi connectivity index (χ4n) is 2.32. The van der Waals surface area contributed by atoms with E-state index in [1.54, 1.807) is 25.1 Å². The molecule has 26 heavy (non-hydrogen) atoms. The monoisotopic (exact) mass is 373 g/mol. The lowest BCUT2D eigenvalue weighted by molar-refractivity contribution is -0.128. The molecule has 0 unspecified atom stereocenters. The van der Waals surface area contributed by atoms with Gasteiger partial charge in [-0.2, -0.15) is 0 Å². The van der Waals surface area contributed by atoms with Crippen molar-refractivity contribution in [2.45, 2.75) is 19.8 Å². The highest BCUT2D eigenvalue weighted by molar-refractivity contribution is 6.31. The number of hydrogen-bond donors (Lipinski definition) is 2. The Kier molecular flexibility index (Phi) is 7.04. The van der Waals surface area contributed by atoms with Gasteiger partial charge in [-0.3, -0.25) is 9.59 Å². The molecule has 0 saturated heterocycles. The lowest BCUT2D eigenvalue weighted by Crippen LogP contribution is -2.22. The van der Waals surface area contributed by atoms with Crippen LogP contribution in [0.3, 0.4) is 0 Å². The summed E-state index contributed by atoms with van der Waals surface area (Å²) in [4.78, 5) is 25.2. The van der Waals surface area contributed by atoms with Crippen molar-refractivity contribution in [3.63, 3.8) is 0 Å². The minimum absolute atomic E-state index is 0.111. The van der Waals surface area contributed by atoms with Gasteiger partial charge in [0.15, 0.2) is 0 Å². The molecule has 0 bridgehead atoms. The van der Waals surface area contributed by atoms with Crippen LogP contribution in [0.1, 0.15) is 17.5 Å². The van der Waals surface area contributed by atoms with Crippen LogP contribution in [-0.4, -0.2) is 37.4 Å². The van der Waals surface area contributed by atoms with E-state index in [0.717, 1.165) is 16.8 Å². The van der Waals surface area contributed by atoms with Gasteiger partial charge in [-0.15, -0.1) is 0 Å². The molecule has 2 N–H and O–H groups in total. The molecule has 2 amide bonds. The van der Waals surface area contributed by atoms with Crippen LogP contribution in [0.5, 0.6) is 0 Å². The largest absolute Gasteiger partial charge is 0.376 e. The van der Waals surface area contributed by atoms with Crippen LogP contribution in [0.4, 0.5) is 11.4 Å². The zero-order chi connectivity index (χ0) is 19.1. The van der Waals surface area contributed by atoms with Gasteiger partial charge in [0.2, 0.25) is 11.8 Å². The van der Waals surface area contributed by atoms with E-state index in [-0.39, 0.29) is 18.4 Å². The Morgan fingerprint density at radius 2 is 1.69 bits per heavy atom. The molecule has 0 fully saturated rings. The SMILES string of the molecule is Cc1ccc(NC(=O)CNc2ccc(CCC(=O)N(C)C)cc2)cc1Cl. The fraction of sp³-hybridized carbons (Fsp3) is 0.300. The Hall–Kier alpha value is -2.53. The minimum atomic E-state index is -0.148. The summed E-state index contributed by atoms with van der Waals surface area (Å²) in [7, 11) is 3.51. The molecule has 0 aromatic heterocycles. The summed E-state index contributed by atoms with van der Waals surface area (Å²) in [6.45, 7) is 2.07.